The number of nitrogens with zero attached hydrogens (tertiary/aromatic N) is 1. The molecule has 0 spiro atoms. The van der Waals surface area contributed by atoms with Gasteiger partial charge in [-0.25, -0.2) is 9.18 Å². The maximum absolute atomic E-state index is 12.8. The molecule has 1 heterocycles. The lowest BCUT2D eigenvalue weighted by Crippen LogP contribution is -2.44. The van der Waals surface area contributed by atoms with Crippen LogP contribution in [-0.4, -0.2) is 36.3 Å². The number of carbonyl (C=O) groups is 1. The lowest BCUT2D eigenvalue weighted by Gasteiger charge is -2.34. The Morgan fingerprint density at radius 3 is 2.46 bits per heavy atom. The number of ether oxygens (including phenoxy) is 2. The number of hydrogen-bond acceptors (Lipinski definition) is 3. The van der Waals surface area contributed by atoms with E-state index in [0.717, 1.165) is 19.4 Å². The zero-order valence-electron chi connectivity index (χ0n) is 15.5. The summed E-state index contributed by atoms with van der Waals surface area (Å²) in [5.41, 5.74) is -0.478. The van der Waals surface area contributed by atoms with Crippen molar-refractivity contribution in [1.82, 2.24) is 4.90 Å². The van der Waals surface area contributed by atoms with Gasteiger partial charge in [0.1, 0.15) is 17.2 Å². The number of halogens is 1. The molecule has 4 nitrogen and oxygen atoms in total. The van der Waals surface area contributed by atoms with Crippen LogP contribution in [0.2, 0.25) is 0 Å². The smallest absolute Gasteiger partial charge is 0.410 e. The second kappa shape index (κ2) is 9.50. The topological polar surface area (TPSA) is 38.8 Å². The third kappa shape index (κ3) is 7.20. The average molecular weight is 339 g/mol. The first-order chi connectivity index (χ1) is 11.3. The third-order valence-electron chi connectivity index (χ3n) is 3.47. The maximum atomic E-state index is 12.8. The van der Waals surface area contributed by atoms with E-state index in [2.05, 4.69) is 0 Å². The van der Waals surface area contributed by atoms with E-state index in [0.29, 0.717) is 18.9 Å². The average Bonchev–Trinajstić information content (AvgIpc) is 2.55. The summed E-state index contributed by atoms with van der Waals surface area (Å²) in [6.07, 6.45) is 1.69. The molecule has 0 N–H and O–H groups in total. The van der Waals surface area contributed by atoms with Crippen LogP contribution in [0.5, 0.6) is 5.75 Å². The van der Waals surface area contributed by atoms with Crippen molar-refractivity contribution in [3.8, 4) is 5.75 Å². The molecule has 0 radical (unpaired) electrons. The van der Waals surface area contributed by atoms with E-state index in [1.807, 2.05) is 34.6 Å². The molecule has 1 amide bonds. The fraction of sp³-hybridized carbons (Fsp3) is 0.632. The predicted molar refractivity (Wildman–Crippen MR) is 93.8 cm³/mol. The molecule has 1 unspecified atom stereocenters. The second-order valence-corrected chi connectivity index (χ2v) is 6.70. The minimum atomic E-state index is -0.478. The summed E-state index contributed by atoms with van der Waals surface area (Å²) in [4.78, 5) is 13.8. The molecular formula is C19H30FNO3. The summed E-state index contributed by atoms with van der Waals surface area (Å²) in [5, 5.41) is 0. The van der Waals surface area contributed by atoms with Gasteiger partial charge in [-0.2, -0.15) is 0 Å². The van der Waals surface area contributed by atoms with Gasteiger partial charge in [0, 0.05) is 19.0 Å². The van der Waals surface area contributed by atoms with E-state index in [9.17, 15) is 9.18 Å². The normalized spacial score (nSPS) is 17.6. The van der Waals surface area contributed by atoms with Crippen LogP contribution in [0.15, 0.2) is 24.3 Å². The third-order valence-corrected chi connectivity index (χ3v) is 3.47. The van der Waals surface area contributed by atoms with E-state index in [-0.39, 0.29) is 17.8 Å². The van der Waals surface area contributed by atoms with Crippen LogP contribution < -0.4 is 4.74 Å². The van der Waals surface area contributed by atoms with Crippen LogP contribution in [0, 0.1) is 11.7 Å². The fourth-order valence-electron chi connectivity index (χ4n) is 2.44. The number of carbonyl (C=O) groups excluding carboxylic acids is 1. The standard InChI is InChI=1S/C17H24FNO3.C2H6/c1-17(2,3)22-16(20)19-10-4-5-13(11-19)12-21-15-8-6-14(18)7-9-15;1-2/h6-9,13H,4-5,10-12H2,1-3H3;1-2H3. The van der Waals surface area contributed by atoms with Gasteiger partial charge in [0.25, 0.3) is 0 Å². The van der Waals surface area contributed by atoms with Gasteiger partial charge in [0.2, 0.25) is 0 Å². The molecule has 0 aromatic heterocycles. The van der Waals surface area contributed by atoms with Crippen molar-refractivity contribution < 1.29 is 18.7 Å². The zero-order valence-corrected chi connectivity index (χ0v) is 15.5. The highest BCUT2D eigenvalue weighted by molar-refractivity contribution is 5.68. The number of amides is 1. The maximum Gasteiger partial charge on any atom is 0.410 e. The number of hydrogen-bond donors (Lipinski definition) is 0. The van der Waals surface area contributed by atoms with Crippen molar-refractivity contribution in [2.45, 2.75) is 53.1 Å². The number of benzene rings is 1. The summed E-state index contributed by atoms with van der Waals surface area (Å²) < 4.78 is 23.9. The molecule has 1 aromatic rings. The predicted octanol–water partition coefficient (Wildman–Crippen LogP) is 4.88. The summed E-state index contributed by atoms with van der Waals surface area (Å²) in [7, 11) is 0. The number of likely N-dealkylation sites (tertiary alicyclic amines) is 1. The molecule has 1 aliphatic rings. The molecule has 1 fully saturated rings. The highest BCUT2D eigenvalue weighted by Gasteiger charge is 2.27. The van der Waals surface area contributed by atoms with Crippen LogP contribution in [0.25, 0.3) is 0 Å². The molecule has 5 heteroatoms. The molecule has 0 bridgehead atoms. The zero-order chi connectivity index (χ0) is 18.2. The second-order valence-electron chi connectivity index (χ2n) is 6.70. The summed E-state index contributed by atoms with van der Waals surface area (Å²) >= 11 is 0. The molecule has 0 aliphatic carbocycles. The first-order valence-corrected chi connectivity index (χ1v) is 8.70. The lowest BCUT2D eigenvalue weighted by atomic mass is 9.99. The summed E-state index contributed by atoms with van der Waals surface area (Å²) in [6, 6.07) is 5.99. The van der Waals surface area contributed by atoms with Crippen molar-refractivity contribution in [2.75, 3.05) is 19.7 Å². The van der Waals surface area contributed by atoms with Crippen molar-refractivity contribution >= 4 is 6.09 Å². The van der Waals surface area contributed by atoms with Gasteiger partial charge in [-0.1, -0.05) is 13.8 Å². The molecular weight excluding hydrogens is 309 g/mol. The van der Waals surface area contributed by atoms with Gasteiger partial charge < -0.3 is 14.4 Å². The van der Waals surface area contributed by atoms with Crippen LogP contribution in [-0.2, 0) is 4.74 Å². The van der Waals surface area contributed by atoms with Gasteiger partial charge in [-0.05, 0) is 57.9 Å². The van der Waals surface area contributed by atoms with E-state index in [1.165, 1.54) is 12.1 Å². The van der Waals surface area contributed by atoms with Crippen molar-refractivity contribution in [1.29, 1.82) is 0 Å². The summed E-state index contributed by atoms with van der Waals surface area (Å²) in [5.74, 6) is 0.642. The first-order valence-electron chi connectivity index (χ1n) is 8.70. The Labute approximate surface area is 144 Å². The SMILES string of the molecule is CC.CC(C)(C)OC(=O)N1CCCC(COc2ccc(F)cc2)C1. The summed E-state index contributed by atoms with van der Waals surface area (Å²) in [6.45, 7) is 11.5. The monoisotopic (exact) mass is 339 g/mol. The first kappa shape index (κ1) is 20.3. The van der Waals surface area contributed by atoms with E-state index < -0.39 is 5.60 Å². The Morgan fingerprint density at radius 2 is 1.88 bits per heavy atom. The Hall–Kier alpha value is -1.78. The Bertz CT molecular complexity index is 496. The highest BCUT2D eigenvalue weighted by atomic mass is 19.1. The van der Waals surface area contributed by atoms with Crippen molar-refractivity contribution in [2.24, 2.45) is 5.92 Å². The van der Waals surface area contributed by atoms with Crippen molar-refractivity contribution in [3.63, 3.8) is 0 Å². The fourth-order valence-corrected chi connectivity index (χ4v) is 2.44. The Balaban J connectivity index is 0.00000139. The molecule has 2 rings (SSSR count). The van der Waals surface area contributed by atoms with E-state index >= 15 is 0 Å². The molecule has 24 heavy (non-hydrogen) atoms. The van der Waals surface area contributed by atoms with Gasteiger partial charge in [0.15, 0.2) is 0 Å². The lowest BCUT2D eigenvalue weighted by molar-refractivity contribution is 0.0139. The molecule has 0 saturated carbocycles. The van der Waals surface area contributed by atoms with Gasteiger partial charge in [0.05, 0.1) is 6.61 Å². The minimum absolute atomic E-state index is 0.265. The Kier molecular flexibility index (Phi) is 8.02. The van der Waals surface area contributed by atoms with E-state index in [1.54, 1.807) is 17.0 Å². The van der Waals surface area contributed by atoms with Crippen LogP contribution in [0.4, 0.5) is 9.18 Å². The highest BCUT2D eigenvalue weighted by Crippen LogP contribution is 2.21. The minimum Gasteiger partial charge on any atom is -0.493 e. The van der Waals surface area contributed by atoms with Gasteiger partial charge in [-0.3, -0.25) is 0 Å². The van der Waals surface area contributed by atoms with Gasteiger partial charge in [-0.15, -0.1) is 0 Å². The number of piperidine rings is 1. The van der Waals surface area contributed by atoms with Gasteiger partial charge >= 0.3 is 6.09 Å². The molecule has 1 atom stereocenters. The largest absolute Gasteiger partial charge is 0.493 e. The quantitative estimate of drug-likeness (QED) is 0.788. The van der Waals surface area contributed by atoms with Crippen molar-refractivity contribution in [3.05, 3.63) is 30.1 Å². The Morgan fingerprint density at radius 1 is 1.25 bits per heavy atom. The molecule has 1 aromatic carbocycles. The molecule has 1 aliphatic heterocycles. The molecule has 1 saturated heterocycles. The number of rotatable bonds is 3. The van der Waals surface area contributed by atoms with E-state index in [4.69, 9.17) is 9.47 Å². The van der Waals surface area contributed by atoms with Crippen LogP contribution >= 0.6 is 0 Å². The van der Waals surface area contributed by atoms with Crippen LogP contribution in [0.1, 0.15) is 47.5 Å². The molecule has 136 valence electrons. The van der Waals surface area contributed by atoms with Crippen LogP contribution in [0.3, 0.4) is 0 Å².